The number of anilines is 1. The fourth-order valence-corrected chi connectivity index (χ4v) is 4.30. The lowest BCUT2D eigenvalue weighted by Crippen LogP contribution is -3.06. The number of likely N-dealkylation sites (N-methyl/N-ethyl adjacent to an activating group) is 1. The second-order valence-electron chi connectivity index (χ2n) is 7.28. The van der Waals surface area contributed by atoms with Crippen LogP contribution < -0.4 is 14.5 Å². The van der Waals surface area contributed by atoms with Gasteiger partial charge in [-0.3, -0.25) is 9.69 Å². The number of methoxy groups -OCH3 is 1. The number of quaternary nitrogens is 1. The number of ether oxygens (including phenoxy) is 1. The molecule has 4 rings (SSSR count). The van der Waals surface area contributed by atoms with Gasteiger partial charge in [0.2, 0.25) is 0 Å². The van der Waals surface area contributed by atoms with Gasteiger partial charge in [-0.2, -0.15) is 0 Å². The van der Waals surface area contributed by atoms with E-state index in [4.69, 9.17) is 9.72 Å². The number of nitrogens with zero attached hydrogens (tertiary/aromatic N) is 2. The number of para-hydroxylation sites is 1. The van der Waals surface area contributed by atoms with E-state index in [1.807, 2.05) is 54.6 Å². The summed E-state index contributed by atoms with van der Waals surface area (Å²) in [5.74, 6) is 0.691. The molecule has 0 fully saturated rings. The average molecular weight is 407 g/mol. The molecular formula is C23H24N3O2S+. The summed E-state index contributed by atoms with van der Waals surface area (Å²) < 4.78 is 6.46. The predicted octanol–water partition coefficient (Wildman–Crippen LogP) is 3.25. The SMILES string of the molecule is COc1cccc2sc(N(CC[NH+](C)C)C(=O)c3ccc4ccccc4c3)nc12. The van der Waals surface area contributed by atoms with Crippen molar-refractivity contribution < 1.29 is 14.4 Å². The maximum Gasteiger partial charge on any atom is 0.260 e. The maximum absolute atomic E-state index is 13.5. The minimum absolute atomic E-state index is 0.0324. The lowest BCUT2D eigenvalue weighted by atomic mass is 10.1. The van der Waals surface area contributed by atoms with Crippen LogP contribution in [0.4, 0.5) is 5.13 Å². The van der Waals surface area contributed by atoms with E-state index >= 15 is 0 Å². The van der Waals surface area contributed by atoms with Gasteiger partial charge in [-0.05, 0) is 35.0 Å². The van der Waals surface area contributed by atoms with Crippen LogP contribution in [0.15, 0.2) is 60.7 Å². The minimum atomic E-state index is -0.0324. The number of benzene rings is 3. The van der Waals surface area contributed by atoms with Gasteiger partial charge in [-0.15, -0.1) is 0 Å². The molecule has 0 unspecified atom stereocenters. The zero-order chi connectivity index (χ0) is 20.4. The van der Waals surface area contributed by atoms with Crippen molar-refractivity contribution in [2.24, 2.45) is 0 Å². The summed E-state index contributed by atoms with van der Waals surface area (Å²) in [6.07, 6.45) is 0. The van der Waals surface area contributed by atoms with Crippen molar-refractivity contribution in [1.29, 1.82) is 0 Å². The molecule has 0 saturated carbocycles. The van der Waals surface area contributed by atoms with Gasteiger partial charge >= 0.3 is 0 Å². The number of nitrogens with one attached hydrogen (secondary N) is 1. The average Bonchev–Trinajstić information content (AvgIpc) is 3.17. The second kappa shape index (κ2) is 8.19. The standard InChI is InChI=1S/C23H23N3O2S/c1-25(2)13-14-26(23-24-21-19(28-3)9-6-10-20(21)29-23)22(27)18-12-11-16-7-4-5-8-17(16)15-18/h4-12,15H,13-14H2,1-3H3/p+1. The number of thiazole rings is 1. The van der Waals surface area contributed by atoms with E-state index in [1.165, 1.54) is 16.2 Å². The van der Waals surface area contributed by atoms with Crippen LogP contribution >= 0.6 is 11.3 Å². The van der Waals surface area contributed by atoms with E-state index in [0.29, 0.717) is 17.2 Å². The van der Waals surface area contributed by atoms with E-state index in [0.717, 1.165) is 33.3 Å². The number of hydrogen-bond donors (Lipinski definition) is 1. The highest BCUT2D eigenvalue weighted by Gasteiger charge is 2.23. The molecule has 0 aliphatic heterocycles. The number of carbonyl (C=O) groups is 1. The Kier molecular flexibility index (Phi) is 5.47. The fraction of sp³-hybridized carbons (Fsp3) is 0.217. The Labute approximate surface area is 174 Å². The molecule has 148 valence electrons. The summed E-state index contributed by atoms with van der Waals surface area (Å²) in [5, 5.41) is 2.88. The number of carbonyl (C=O) groups excluding carboxylic acids is 1. The molecule has 0 bridgehead atoms. The summed E-state index contributed by atoms with van der Waals surface area (Å²) in [7, 11) is 5.81. The number of amides is 1. The van der Waals surface area contributed by atoms with Crippen molar-refractivity contribution >= 4 is 43.4 Å². The first-order chi connectivity index (χ1) is 14.1. The van der Waals surface area contributed by atoms with Crippen molar-refractivity contribution in [3.8, 4) is 5.75 Å². The van der Waals surface area contributed by atoms with E-state index in [9.17, 15) is 4.79 Å². The van der Waals surface area contributed by atoms with Crippen LogP contribution in [-0.4, -0.2) is 45.2 Å². The van der Waals surface area contributed by atoms with Crippen molar-refractivity contribution in [3.63, 3.8) is 0 Å². The van der Waals surface area contributed by atoms with E-state index in [1.54, 1.807) is 12.0 Å². The number of hydrogen-bond acceptors (Lipinski definition) is 4. The third-order valence-electron chi connectivity index (χ3n) is 4.90. The lowest BCUT2D eigenvalue weighted by molar-refractivity contribution is -0.856. The first kappa shape index (κ1) is 19.4. The molecule has 0 saturated heterocycles. The first-order valence-electron chi connectivity index (χ1n) is 9.60. The quantitative estimate of drug-likeness (QED) is 0.535. The Morgan fingerprint density at radius 3 is 2.62 bits per heavy atom. The monoisotopic (exact) mass is 406 g/mol. The Morgan fingerprint density at radius 1 is 1.07 bits per heavy atom. The highest BCUT2D eigenvalue weighted by molar-refractivity contribution is 7.22. The molecule has 0 aliphatic rings. The summed E-state index contributed by atoms with van der Waals surface area (Å²) in [5.41, 5.74) is 1.46. The summed E-state index contributed by atoms with van der Waals surface area (Å²) in [6, 6.07) is 19.8. The van der Waals surface area contributed by atoms with Crippen LogP contribution in [0.2, 0.25) is 0 Å². The molecule has 1 N–H and O–H groups in total. The highest BCUT2D eigenvalue weighted by atomic mass is 32.1. The first-order valence-corrected chi connectivity index (χ1v) is 10.4. The molecule has 0 radical (unpaired) electrons. The van der Waals surface area contributed by atoms with Crippen LogP contribution in [-0.2, 0) is 0 Å². The predicted molar refractivity (Wildman–Crippen MR) is 119 cm³/mol. The third-order valence-corrected chi connectivity index (χ3v) is 5.94. The molecule has 0 atom stereocenters. The number of rotatable bonds is 6. The van der Waals surface area contributed by atoms with Gasteiger partial charge in [0, 0.05) is 5.56 Å². The number of aromatic nitrogens is 1. The van der Waals surface area contributed by atoms with Crippen molar-refractivity contribution in [2.45, 2.75) is 0 Å². The van der Waals surface area contributed by atoms with Crippen LogP contribution in [0.5, 0.6) is 5.75 Å². The molecular weight excluding hydrogens is 382 g/mol. The normalized spacial score (nSPS) is 11.3. The molecule has 0 aliphatic carbocycles. The summed E-state index contributed by atoms with van der Waals surface area (Å²) in [6.45, 7) is 1.42. The van der Waals surface area contributed by atoms with Gasteiger partial charge in [0.1, 0.15) is 11.3 Å². The zero-order valence-corrected chi connectivity index (χ0v) is 17.6. The van der Waals surface area contributed by atoms with E-state index in [2.05, 4.69) is 20.2 Å². The van der Waals surface area contributed by atoms with Gasteiger partial charge in [-0.25, -0.2) is 4.98 Å². The lowest BCUT2D eigenvalue weighted by Gasteiger charge is -2.21. The molecule has 4 aromatic rings. The smallest absolute Gasteiger partial charge is 0.260 e. The topological polar surface area (TPSA) is 46.9 Å². The minimum Gasteiger partial charge on any atom is -0.494 e. The van der Waals surface area contributed by atoms with Crippen LogP contribution in [0.1, 0.15) is 10.4 Å². The Hall–Kier alpha value is -2.96. The molecule has 5 nitrogen and oxygen atoms in total. The second-order valence-corrected chi connectivity index (χ2v) is 8.29. The van der Waals surface area contributed by atoms with Crippen molar-refractivity contribution in [3.05, 3.63) is 66.2 Å². The Morgan fingerprint density at radius 2 is 1.86 bits per heavy atom. The van der Waals surface area contributed by atoms with Crippen LogP contribution in [0.3, 0.4) is 0 Å². The number of fused-ring (bicyclic) bond motifs is 2. The summed E-state index contributed by atoms with van der Waals surface area (Å²) >= 11 is 1.52. The van der Waals surface area contributed by atoms with E-state index in [-0.39, 0.29) is 5.91 Å². The van der Waals surface area contributed by atoms with Gasteiger partial charge < -0.3 is 9.64 Å². The highest BCUT2D eigenvalue weighted by Crippen LogP contribution is 2.34. The van der Waals surface area contributed by atoms with Crippen LogP contribution in [0.25, 0.3) is 21.0 Å². The van der Waals surface area contributed by atoms with Gasteiger partial charge in [0.05, 0.1) is 39.0 Å². The molecule has 29 heavy (non-hydrogen) atoms. The molecule has 3 aromatic carbocycles. The third kappa shape index (κ3) is 3.95. The summed E-state index contributed by atoms with van der Waals surface area (Å²) in [4.78, 5) is 21.3. The van der Waals surface area contributed by atoms with Crippen LogP contribution in [0, 0.1) is 0 Å². The fourth-order valence-electron chi connectivity index (χ4n) is 3.29. The Bertz CT molecular complexity index is 1170. The van der Waals surface area contributed by atoms with Gasteiger partial charge in [0.15, 0.2) is 5.13 Å². The van der Waals surface area contributed by atoms with Crippen molar-refractivity contribution in [1.82, 2.24) is 4.98 Å². The maximum atomic E-state index is 13.5. The molecule has 0 spiro atoms. The molecule has 1 heterocycles. The largest absolute Gasteiger partial charge is 0.494 e. The van der Waals surface area contributed by atoms with Gasteiger partial charge in [-0.1, -0.05) is 47.7 Å². The van der Waals surface area contributed by atoms with E-state index < -0.39 is 0 Å². The molecule has 1 amide bonds. The van der Waals surface area contributed by atoms with Gasteiger partial charge in [0.25, 0.3) is 5.91 Å². The Balaban J connectivity index is 1.75. The molecule has 6 heteroatoms. The van der Waals surface area contributed by atoms with Crippen molar-refractivity contribution in [2.75, 3.05) is 39.2 Å². The zero-order valence-electron chi connectivity index (χ0n) is 16.8. The molecule has 1 aromatic heterocycles.